The number of nitrogens with zero attached hydrogens (tertiary/aromatic N) is 11. The van der Waals surface area contributed by atoms with Gasteiger partial charge in [0.15, 0.2) is 22.7 Å². The monoisotopic (exact) mass is 861 g/mol. The molecular formula is C40H47F4N15O3. The van der Waals surface area contributed by atoms with Crippen molar-refractivity contribution >= 4 is 46.1 Å². The number of fused-ring (bicyclic) bond motifs is 2. The molecule has 1 saturated heterocycles. The van der Waals surface area contributed by atoms with Crippen LogP contribution < -0.4 is 26.6 Å². The summed E-state index contributed by atoms with van der Waals surface area (Å²) in [5, 5.41) is 25.6. The molecular weight excluding hydrogens is 815 g/mol. The molecule has 1 aliphatic heterocycles. The van der Waals surface area contributed by atoms with E-state index in [4.69, 9.17) is 10.5 Å². The van der Waals surface area contributed by atoms with Gasteiger partial charge in [0.2, 0.25) is 0 Å². The van der Waals surface area contributed by atoms with Gasteiger partial charge in [-0.2, -0.15) is 20.4 Å². The maximum Gasteiger partial charge on any atom is 0.284 e. The number of aromatic nitrogens is 10. The quantitative estimate of drug-likeness (QED) is 0.103. The number of rotatable bonds is 13. The van der Waals surface area contributed by atoms with E-state index in [2.05, 4.69) is 51.2 Å². The number of carbonyl (C=O) groups excluding carboxylic acids is 2. The van der Waals surface area contributed by atoms with Crippen molar-refractivity contribution < 1.29 is 31.9 Å². The molecule has 328 valence electrons. The van der Waals surface area contributed by atoms with Crippen molar-refractivity contribution in [2.75, 3.05) is 60.7 Å². The number of morpholine rings is 1. The number of ether oxygens (including phenoxy) is 1. The van der Waals surface area contributed by atoms with Gasteiger partial charge in [-0.05, 0) is 88.4 Å². The van der Waals surface area contributed by atoms with Gasteiger partial charge in [0.25, 0.3) is 24.7 Å². The molecule has 0 bridgehead atoms. The van der Waals surface area contributed by atoms with E-state index in [0.717, 1.165) is 64.5 Å². The molecule has 6 aromatic heterocycles. The first-order valence-corrected chi connectivity index (χ1v) is 20.9. The Balaban J connectivity index is 0.741. The molecule has 18 nitrogen and oxygen atoms in total. The third-order valence-electron chi connectivity index (χ3n) is 12.2. The van der Waals surface area contributed by atoms with Gasteiger partial charge in [-0.25, -0.2) is 36.6 Å². The Hall–Kier alpha value is -6.16. The Kier molecular flexibility index (Phi) is 11.7. The number of anilines is 4. The predicted molar refractivity (Wildman–Crippen MR) is 219 cm³/mol. The minimum absolute atomic E-state index is 0.0370. The van der Waals surface area contributed by atoms with E-state index in [1.165, 1.54) is 39.9 Å². The first kappa shape index (κ1) is 41.2. The SMILES string of the molecule is Nc1ccn2ncc(C(=O)Nc3cn(C4CCC(CNCC5CCC(n6cc(NC(=O)c7cnn8ccc(N9CCOCC9)nc78)c(C(F)F)n6)CC5)CC4)nc3C(F)F)c2n1. The minimum Gasteiger partial charge on any atom is -0.384 e. The Labute approximate surface area is 352 Å². The van der Waals surface area contributed by atoms with Crippen LogP contribution in [0.3, 0.4) is 0 Å². The average Bonchev–Trinajstić information content (AvgIpc) is 4.09. The molecule has 0 spiro atoms. The highest BCUT2D eigenvalue weighted by Gasteiger charge is 2.30. The Morgan fingerprint density at radius 2 is 1.19 bits per heavy atom. The highest BCUT2D eigenvalue weighted by atomic mass is 19.3. The van der Waals surface area contributed by atoms with Gasteiger partial charge < -0.3 is 31.3 Å². The lowest BCUT2D eigenvalue weighted by atomic mass is 9.84. The standard InChI is InChI=1S/C40H47F4N15O3/c41-35(42)33-29(49-39(60)27-19-47-56-11-9-31(45)51-37(27)56)21-58(53-33)25-5-1-23(2-6-25)17-46-18-24-3-7-26(8-4-24)59-22-30(34(54-59)36(43)44)50-40(61)28-20-48-57-12-10-32(52-38(28)57)55-13-15-62-16-14-55/h9-12,19-26,35-36,46H,1-8,13-18H2,(H2,45,51)(H,49,60)(H,50,61). The van der Waals surface area contributed by atoms with Crippen molar-refractivity contribution in [1.29, 1.82) is 0 Å². The second-order valence-electron chi connectivity index (χ2n) is 16.2. The van der Waals surface area contributed by atoms with E-state index in [-0.39, 0.29) is 46.1 Å². The van der Waals surface area contributed by atoms with Gasteiger partial charge in [0.1, 0.15) is 22.8 Å². The molecule has 62 heavy (non-hydrogen) atoms. The number of carbonyl (C=O) groups is 2. The molecule has 3 fully saturated rings. The van der Waals surface area contributed by atoms with Gasteiger partial charge >= 0.3 is 0 Å². The zero-order valence-electron chi connectivity index (χ0n) is 33.7. The maximum absolute atomic E-state index is 14.2. The fourth-order valence-electron chi connectivity index (χ4n) is 8.83. The lowest BCUT2D eigenvalue weighted by molar-refractivity contribution is 0.101. The third-order valence-corrected chi connectivity index (χ3v) is 12.2. The van der Waals surface area contributed by atoms with E-state index in [1.54, 1.807) is 21.8 Å². The molecule has 7 heterocycles. The Morgan fingerprint density at radius 1 is 0.710 bits per heavy atom. The number of alkyl halides is 4. The lowest BCUT2D eigenvalue weighted by Gasteiger charge is -2.31. The zero-order valence-corrected chi connectivity index (χ0v) is 33.7. The van der Waals surface area contributed by atoms with Crippen LogP contribution in [0.2, 0.25) is 0 Å². The fraction of sp³-hybridized carbons (Fsp3) is 0.500. The molecule has 9 rings (SSSR count). The van der Waals surface area contributed by atoms with Gasteiger partial charge in [-0.3, -0.25) is 19.0 Å². The molecule has 0 aromatic carbocycles. The number of halogens is 4. The molecule has 22 heteroatoms. The van der Waals surface area contributed by atoms with Crippen molar-refractivity contribution in [3.63, 3.8) is 0 Å². The van der Waals surface area contributed by atoms with Crippen molar-refractivity contribution in [3.05, 3.63) is 71.8 Å². The normalized spacial score (nSPS) is 21.0. The molecule has 3 aliphatic rings. The Morgan fingerprint density at radius 3 is 1.69 bits per heavy atom. The summed E-state index contributed by atoms with van der Waals surface area (Å²) < 4.78 is 68.0. The predicted octanol–water partition coefficient (Wildman–Crippen LogP) is 5.72. The summed E-state index contributed by atoms with van der Waals surface area (Å²) >= 11 is 0. The molecule has 2 amide bonds. The number of amides is 2. The smallest absolute Gasteiger partial charge is 0.284 e. The summed E-state index contributed by atoms with van der Waals surface area (Å²) in [6.07, 6.45) is 9.76. The van der Waals surface area contributed by atoms with E-state index < -0.39 is 36.1 Å². The number of hydrogen-bond donors (Lipinski definition) is 4. The number of hydrogen-bond acceptors (Lipinski definition) is 12. The van der Waals surface area contributed by atoms with E-state index in [9.17, 15) is 27.2 Å². The highest BCUT2D eigenvalue weighted by Crippen LogP contribution is 2.37. The van der Waals surface area contributed by atoms with E-state index in [1.807, 2.05) is 6.07 Å². The van der Waals surface area contributed by atoms with Crippen LogP contribution in [-0.2, 0) is 4.74 Å². The number of nitrogens with one attached hydrogen (secondary N) is 3. The summed E-state index contributed by atoms with van der Waals surface area (Å²) in [4.78, 5) is 37.4. The molecule has 2 saturated carbocycles. The van der Waals surface area contributed by atoms with Crippen LogP contribution in [0.1, 0.15) is 108 Å². The van der Waals surface area contributed by atoms with E-state index >= 15 is 0 Å². The first-order chi connectivity index (χ1) is 30.1. The molecule has 0 unspecified atom stereocenters. The second kappa shape index (κ2) is 17.7. The fourth-order valence-corrected chi connectivity index (χ4v) is 8.83. The van der Waals surface area contributed by atoms with Gasteiger partial charge in [-0.1, -0.05) is 0 Å². The average molecular weight is 862 g/mol. The van der Waals surface area contributed by atoms with Gasteiger partial charge in [0.05, 0.1) is 49.1 Å². The van der Waals surface area contributed by atoms with E-state index in [0.29, 0.717) is 49.6 Å². The van der Waals surface area contributed by atoms with Crippen LogP contribution in [0, 0.1) is 11.8 Å². The summed E-state index contributed by atoms with van der Waals surface area (Å²) in [5.74, 6) is 0.461. The molecule has 5 N–H and O–H groups in total. The van der Waals surface area contributed by atoms with Crippen LogP contribution in [-0.4, -0.2) is 100.0 Å². The van der Waals surface area contributed by atoms with Crippen LogP contribution in [0.4, 0.5) is 40.6 Å². The first-order valence-electron chi connectivity index (χ1n) is 20.9. The largest absolute Gasteiger partial charge is 0.384 e. The van der Waals surface area contributed by atoms with Crippen LogP contribution >= 0.6 is 0 Å². The van der Waals surface area contributed by atoms with Crippen molar-refractivity contribution in [2.45, 2.75) is 76.3 Å². The summed E-state index contributed by atoms with van der Waals surface area (Å²) in [7, 11) is 0. The summed E-state index contributed by atoms with van der Waals surface area (Å²) in [6.45, 7) is 4.12. The van der Waals surface area contributed by atoms with Gasteiger partial charge in [0, 0.05) is 37.9 Å². The van der Waals surface area contributed by atoms with Crippen LogP contribution in [0.15, 0.2) is 49.3 Å². The summed E-state index contributed by atoms with van der Waals surface area (Å²) in [5.41, 5.74) is 5.50. The van der Waals surface area contributed by atoms with Crippen molar-refractivity contribution in [1.82, 2.24) is 54.1 Å². The molecule has 0 radical (unpaired) electrons. The summed E-state index contributed by atoms with van der Waals surface area (Å²) in [6, 6.07) is 3.18. The second-order valence-corrected chi connectivity index (χ2v) is 16.2. The zero-order chi connectivity index (χ0) is 42.9. The van der Waals surface area contributed by atoms with Crippen LogP contribution in [0.5, 0.6) is 0 Å². The molecule has 0 atom stereocenters. The minimum atomic E-state index is -2.89. The molecule has 6 aromatic rings. The highest BCUT2D eigenvalue weighted by molar-refractivity contribution is 6.09. The maximum atomic E-state index is 14.2. The third kappa shape index (κ3) is 8.65. The number of nitrogen functional groups attached to an aromatic ring is 1. The van der Waals surface area contributed by atoms with Crippen molar-refractivity contribution in [3.8, 4) is 0 Å². The topological polar surface area (TPSA) is 205 Å². The Bertz CT molecular complexity index is 2530. The van der Waals surface area contributed by atoms with Crippen LogP contribution in [0.25, 0.3) is 11.3 Å². The lowest BCUT2D eigenvalue weighted by Crippen LogP contribution is -2.36. The number of nitrogens with two attached hydrogens (primary N) is 1. The molecule has 2 aliphatic carbocycles. The van der Waals surface area contributed by atoms with Gasteiger partial charge in [-0.15, -0.1) is 0 Å². The van der Waals surface area contributed by atoms with Crippen molar-refractivity contribution in [2.24, 2.45) is 11.8 Å².